The van der Waals surface area contributed by atoms with E-state index in [1.165, 1.54) is 7.11 Å². The number of fused-ring (bicyclic) bond motifs is 1. The molecule has 0 saturated heterocycles. The van der Waals surface area contributed by atoms with Crippen LogP contribution < -0.4 is 15.0 Å². The average Bonchev–Trinajstić information content (AvgIpc) is 2.96. The molecular formula is C16H19N3O3. The predicted octanol–water partition coefficient (Wildman–Crippen LogP) is 2.81. The van der Waals surface area contributed by atoms with Crippen LogP contribution in [0.3, 0.4) is 0 Å². The molecule has 0 unspecified atom stereocenters. The summed E-state index contributed by atoms with van der Waals surface area (Å²) in [5.41, 5.74) is 2.72. The molecule has 0 aromatic heterocycles. The molecule has 1 aromatic rings. The predicted molar refractivity (Wildman–Crippen MR) is 86.0 cm³/mol. The highest BCUT2D eigenvalue weighted by Gasteiger charge is 2.19. The maximum atomic E-state index is 11.4. The van der Waals surface area contributed by atoms with Crippen molar-refractivity contribution in [3.8, 4) is 5.75 Å². The van der Waals surface area contributed by atoms with E-state index >= 15 is 0 Å². The summed E-state index contributed by atoms with van der Waals surface area (Å²) in [5.74, 6) is 0.829. The van der Waals surface area contributed by atoms with Crippen molar-refractivity contribution in [1.29, 1.82) is 0 Å². The van der Waals surface area contributed by atoms with Crippen LogP contribution in [0.2, 0.25) is 0 Å². The molecule has 1 amide bonds. The molecule has 0 saturated carbocycles. The summed E-state index contributed by atoms with van der Waals surface area (Å²) in [6.07, 6.45) is 5.41. The number of anilines is 2. The van der Waals surface area contributed by atoms with Gasteiger partial charge in [0.1, 0.15) is 5.75 Å². The van der Waals surface area contributed by atoms with E-state index in [1.54, 1.807) is 0 Å². The number of benzene rings is 1. The van der Waals surface area contributed by atoms with Crippen LogP contribution >= 0.6 is 0 Å². The summed E-state index contributed by atoms with van der Waals surface area (Å²) in [6, 6.07) is 5.61. The number of allylic oxidation sites excluding steroid dienone is 1. The van der Waals surface area contributed by atoms with Crippen molar-refractivity contribution in [3.63, 3.8) is 0 Å². The van der Waals surface area contributed by atoms with E-state index in [0.717, 1.165) is 43.1 Å². The molecule has 0 spiro atoms. The molecule has 6 heteroatoms. The number of nitrogens with zero attached hydrogens (tertiary/aromatic N) is 2. The first-order chi connectivity index (χ1) is 10.8. The first kappa shape index (κ1) is 14.4. The number of carbonyl (C=O) groups is 1. The molecule has 0 bridgehead atoms. The Morgan fingerprint density at radius 1 is 1.50 bits per heavy atom. The molecule has 2 aliphatic heterocycles. The Bertz CT molecular complexity index is 625. The van der Waals surface area contributed by atoms with Crippen molar-refractivity contribution in [3.05, 3.63) is 30.0 Å². The number of amides is 1. The van der Waals surface area contributed by atoms with Crippen LogP contribution in [0.4, 0.5) is 16.2 Å². The highest BCUT2D eigenvalue weighted by molar-refractivity contribution is 5.86. The molecule has 2 aliphatic rings. The topological polar surface area (TPSA) is 63.2 Å². The Labute approximate surface area is 129 Å². The van der Waals surface area contributed by atoms with E-state index < -0.39 is 6.09 Å². The molecule has 116 valence electrons. The number of rotatable bonds is 3. The van der Waals surface area contributed by atoms with Gasteiger partial charge < -0.3 is 14.4 Å². The fraction of sp³-hybridized carbons (Fsp3) is 0.375. The molecule has 0 radical (unpaired) electrons. The highest BCUT2D eigenvalue weighted by atomic mass is 16.5. The lowest BCUT2D eigenvalue weighted by Crippen LogP contribution is -2.26. The highest BCUT2D eigenvalue weighted by Crippen LogP contribution is 2.34. The van der Waals surface area contributed by atoms with Crippen LogP contribution in [-0.4, -0.2) is 39.1 Å². The van der Waals surface area contributed by atoms with Gasteiger partial charge in [0, 0.05) is 24.9 Å². The molecule has 3 rings (SSSR count). The zero-order valence-corrected chi connectivity index (χ0v) is 12.5. The van der Waals surface area contributed by atoms with Crippen molar-refractivity contribution in [2.24, 2.45) is 4.99 Å². The normalized spacial score (nSPS) is 16.4. The third kappa shape index (κ3) is 3.21. The van der Waals surface area contributed by atoms with Crippen LogP contribution in [0, 0.1) is 0 Å². The molecule has 1 aromatic carbocycles. The van der Waals surface area contributed by atoms with Crippen molar-refractivity contribution in [2.45, 2.75) is 12.8 Å². The van der Waals surface area contributed by atoms with Gasteiger partial charge in [-0.1, -0.05) is 6.08 Å². The smallest absolute Gasteiger partial charge is 0.411 e. The largest absolute Gasteiger partial charge is 0.491 e. The second-order valence-corrected chi connectivity index (χ2v) is 5.17. The van der Waals surface area contributed by atoms with E-state index in [1.807, 2.05) is 24.4 Å². The Hall–Kier alpha value is -2.50. The van der Waals surface area contributed by atoms with Gasteiger partial charge in [0.2, 0.25) is 0 Å². The SMILES string of the molecule is COC(=O)Nc1ccc2c(c1)N(CC1=CCC=N1)CCCO2. The molecule has 0 fully saturated rings. The third-order valence-corrected chi connectivity index (χ3v) is 3.63. The molecule has 2 heterocycles. The van der Waals surface area contributed by atoms with Crippen molar-refractivity contribution in [2.75, 3.05) is 37.0 Å². The van der Waals surface area contributed by atoms with E-state index in [2.05, 4.69) is 26.0 Å². The molecule has 0 atom stereocenters. The fourth-order valence-corrected chi connectivity index (χ4v) is 2.57. The van der Waals surface area contributed by atoms with Crippen LogP contribution in [0.15, 0.2) is 35.0 Å². The number of carbonyl (C=O) groups excluding carboxylic acids is 1. The van der Waals surface area contributed by atoms with Gasteiger partial charge in [0.15, 0.2) is 0 Å². The number of hydrogen-bond donors (Lipinski definition) is 1. The standard InChI is InChI=1S/C16H19N3O3/c1-21-16(20)18-12-5-6-15-14(10-12)19(8-3-9-22-15)11-13-4-2-7-17-13/h4-7,10H,2-3,8-9,11H2,1H3,(H,18,20). The quantitative estimate of drug-likeness (QED) is 0.932. The number of hydrogen-bond acceptors (Lipinski definition) is 5. The van der Waals surface area contributed by atoms with Crippen molar-refractivity contribution in [1.82, 2.24) is 0 Å². The Morgan fingerprint density at radius 2 is 2.41 bits per heavy atom. The van der Waals surface area contributed by atoms with Crippen LogP contribution in [0.1, 0.15) is 12.8 Å². The van der Waals surface area contributed by atoms with Gasteiger partial charge in [-0.15, -0.1) is 0 Å². The Morgan fingerprint density at radius 3 is 3.18 bits per heavy atom. The molecule has 6 nitrogen and oxygen atoms in total. The lowest BCUT2D eigenvalue weighted by atomic mass is 10.2. The first-order valence-electron chi connectivity index (χ1n) is 7.34. The van der Waals surface area contributed by atoms with Gasteiger partial charge in [0.25, 0.3) is 0 Å². The van der Waals surface area contributed by atoms with Gasteiger partial charge in [-0.05, 0) is 24.6 Å². The van der Waals surface area contributed by atoms with E-state index in [9.17, 15) is 4.79 Å². The lowest BCUT2D eigenvalue weighted by molar-refractivity contribution is 0.187. The maximum absolute atomic E-state index is 11.4. The zero-order chi connectivity index (χ0) is 15.4. The van der Waals surface area contributed by atoms with Gasteiger partial charge >= 0.3 is 6.09 Å². The van der Waals surface area contributed by atoms with E-state index in [-0.39, 0.29) is 0 Å². The van der Waals surface area contributed by atoms with Crippen LogP contribution in [0.5, 0.6) is 5.75 Å². The van der Waals surface area contributed by atoms with Crippen molar-refractivity contribution >= 4 is 23.7 Å². The number of nitrogens with one attached hydrogen (secondary N) is 1. The summed E-state index contributed by atoms with van der Waals surface area (Å²) >= 11 is 0. The van der Waals surface area contributed by atoms with E-state index in [4.69, 9.17) is 4.74 Å². The minimum atomic E-state index is -0.482. The zero-order valence-electron chi connectivity index (χ0n) is 12.5. The second kappa shape index (κ2) is 6.51. The number of methoxy groups -OCH3 is 1. The van der Waals surface area contributed by atoms with Gasteiger partial charge in [-0.2, -0.15) is 0 Å². The summed E-state index contributed by atoms with van der Waals surface area (Å²) in [4.78, 5) is 18.0. The first-order valence-corrected chi connectivity index (χ1v) is 7.34. The average molecular weight is 301 g/mol. The summed E-state index contributed by atoms with van der Waals surface area (Å²) in [7, 11) is 1.35. The molecular weight excluding hydrogens is 282 g/mol. The number of aliphatic imine (C=N–C) groups is 1. The maximum Gasteiger partial charge on any atom is 0.411 e. The second-order valence-electron chi connectivity index (χ2n) is 5.17. The minimum absolute atomic E-state index is 0.482. The Kier molecular flexibility index (Phi) is 4.27. The molecule has 1 N–H and O–H groups in total. The Balaban J connectivity index is 1.85. The van der Waals surface area contributed by atoms with Gasteiger partial charge in [0.05, 0.1) is 31.6 Å². The van der Waals surface area contributed by atoms with Crippen LogP contribution in [-0.2, 0) is 4.74 Å². The summed E-state index contributed by atoms with van der Waals surface area (Å²) in [5, 5.41) is 2.69. The molecule has 0 aliphatic carbocycles. The van der Waals surface area contributed by atoms with Crippen molar-refractivity contribution < 1.29 is 14.3 Å². The van der Waals surface area contributed by atoms with Crippen LogP contribution in [0.25, 0.3) is 0 Å². The summed E-state index contributed by atoms with van der Waals surface area (Å²) < 4.78 is 10.4. The molecule has 22 heavy (non-hydrogen) atoms. The minimum Gasteiger partial charge on any atom is -0.491 e. The monoisotopic (exact) mass is 301 g/mol. The lowest BCUT2D eigenvalue weighted by Gasteiger charge is -2.24. The van der Waals surface area contributed by atoms with Gasteiger partial charge in [-0.25, -0.2) is 4.79 Å². The number of ether oxygens (including phenoxy) is 2. The summed E-state index contributed by atoms with van der Waals surface area (Å²) in [6.45, 7) is 2.33. The van der Waals surface area contributed by atoms with Gasteiger partial charge in [-0.3, -0.25) is 10.3 Å². The fourth-order valence-electron chi connectivity index (χ4n) is 2.57. The third-order valence-electron chi connectivity index (χ3n) is 3.63. The van der Waals surface area contributed by atoms with E-state index in [0.29, 0.717) is 12.3 Å².